The molecule has 0 heterocycles. The molecule has 244 valence electrons. The van der Waals surface area contributed by atoms with Gasteiger partial charge in [0.15, 0.2) is 17.9 Å². The molecule has 0 radical (unpaired) electrons. The Labute approximate surface area is 248 Å². The molecule has 4 unspecified atom stereocenters. The van der Waals surface area contributed by atoms with Gasteiger partial charge in [0, 0.05) is 26.1 Å². The Morgan fingerprint density at radius 2 is 0.930 bits per heavy atom. The topological polar surface area (TPSA) is 381 Å². The van der Waals surface area contributed by atoms with Crippen molar-refractivity contribution in [3.63, 3.8) is 0 Å². The van der Waals surface area contributed by atoms with Gasteiger partial charge in [0.05, 0.1) is 6.04 Å². The molecule has 4 atom stereocenters. The molecular weight excluding hydrogens is 570 g/mol. The third-order valence-corrected chi connectivity index (χ3v) is 5.72. The lowest BCUT2D eigenvalue weighted by atomic mass is 10.1. The number of nitrogens with one attached hydrogen (secondary N) is 3. The molecule has 0 bridgehead atoms. The number of carboxylic acids is 2. The average Bonchev–Trinajstić information content (AvgIpc) is 2.91. The van der Waals surface area contributed by atoms with Gasteiger partial charge in [-0.3, -0.25) is 34.2 Å². The van der Waals surface area contributed by atoms with E-state index in [1.165, 1.54) is 0 Å². The fraction of sp³-hybridized carbons (Fsp3) is 0.652. The molecule has 0 fully saturated rings. The van der Waals surface area contributed by atoms with Crippen LogP contribution >= 0.6 is 0 Å². The minimum atomic E-state index is -1.53. The van der Waals surface area contributed by atoms with Crippen molar-refractivity contribution in [2.24, 2.45) is 55.1 Å². The van der Waals surface area contributed by atoms with Crippen molar-refractivity contribution in [3.8, 4) is 0 Å². The summed E-state index contributed by atoms with van der Waals surface area (Å²) in [5.41, 5.74) is 37.8. The molecule has 0 aliphatic carbocycles. The Hall–Kier alpha value is -4.88. The summed E-state index contributed by atoms with van der Waals surface area (Å²) in [6.07, 6.45) is 0.155. The van der Waals surface area contributed by atoms with Crippen LogP contribution < -0.4 is 56.1 Å². The first-order valence-electron chi connectivity index (χ1n) is 13.4. The number of aliphatic carboxylic acids is 2. The number of carbonyl (C=O) groups excluding carboxylic acids is 3. The summed E-state index contributed by atoms with van der Waals surface area (Å²) in [5, 5.41) is 25.6. The van der Waals surface area contributed by atoms with E-state index in [-0.39, 0.29) is 69.6 Å². The van der Waals surface area contributed by atoms with Crippen LogP contribution in [0.4, 0.5) is 0 Å². The van der Waals surface area contributed by atoms with Crippen LogP contribution in [0.2, 0.25) is 0 Å². The second kappa shape index (κ2) is 20.9. The smallest absolute Gasteiger partial charge is 0.326 e. The largest absolute Gasteiger partial charge is 0.481 e. The van der Waals surface area contributed by atoms with E-state index >= 15 is 0 Å². The van der Waals surface area contributed by atoms with Crippen LogP contribution in [-0.2, 0) is 24.0 Å². The first kappa shape index (κ1) is 38.1. The van der Waals surface area contributed by atoms with E-state index in [0.29, 0.717) is 6.42 Å². The highest BCUT2D eigenvalue weighted by molar-refractivity contribution is 5.94. The van der Waals surface area contributed by atoms with Crippen LogP contribution in [0.1, 0.15) is 51.4 Å². The molecule has 0 rings (SSSR count). The van der Waals surface area contributed by atoms with Crippen LogP contribution in [0.25, 0.3) is 0 Å². The van der Waals surface area contributed by atoms with Gasteiger partial charge in [-0.25, -0.2) is 4.79 Å². The van der Waals surface area contributed by atoms with Crippen molar-refractivity contribution in [2.75, 3.05) is 19.6 Å². The van der Waals surface area contributed by atoms with E-state index in [0.717, 1.165) is 0 Å². The van der Waals surface area contributed by atoms with Crippen molar-refractivity contribution >= 4 is 47.5 Å². The summed E-state index contributed by atoms with van der Waals surface area (Å²) < 4.78 is 0. The number of nitrogens with two attached hydrogens (primary N) is 7. The Balaban J connectivity index is 5.77. The Morgan fingerprint density at radius 1 is 0.558 bits per heavy atom. The molecule has 0 saturated heterocycles. The fourth-order valence-electron chi connectivity index (χ4n) is 3.54. The summed E-state index contributed by atoms with van der Waals surface area (Å²) in [6, 6.07) is -5.02. The first-order chi connectivity index (χ1) is 20.1. The predicted octanol–water partition coefficient (Wildman–Crippen LogP) is -5.12. The molecule has 0 aliphatic heterocycles. The van der Waals surface area contributed by atoms with Crippen LogP contribution in [0.3, 0.4) is 0 Å². The molecule has 0 aromatic carbocycles. The lowest BCUT2D eigenvalue weighted by Crippen LogP contribution is -2.57. The van der Waals surface area contributed by atoms with E-state index in [1.54, 1.807) is 0 Å². The Morgan fingerprint density at radius 3 is 1.30 bits per heavy atom. The van der Waals surface area contributed by atoms with Gasteiger partial charge < -0.3 is 66.3 Å². The summed E-state index contributed by atoms with van der Waals surface area (Å²) >= 11 is 0. The number of amides is 3. The number of guanidine groups is 3. The molecule has 0 aromatic rings. The number of carboxylic acid groups (broad SMARTS) is 2. The zero-order valence-corrected chi connectivity index (χ0v) is 23.9. The maximum Gasteiger partial charge on any atom is 0.326 e. The Bertz CT molecular complexity index is 1020. The van der Waals surface area contributed by atoms with E-state index in [1.807, 2.05) is 0 Å². The predicted molar refractivity (Wildman–Crippen MR) is 158 cm³/mol. The third kappa shape index (κ3) is 19.0. The summed E-state index contributed by atoms with van der Waals surface area (Å²) in [6.45, 7) is 0.474. The zero-order chi connectivity index (χ0) is 32.9. The lowest BCUT2D eigenvalue weighted by Gasteiger charge is -2.25. The maximum absolute atomic E-state index is 13.3. The molecule has 43 heavy (non-hydrogen) atoms. The van der Waals surface area contributed by atoms with Gasteiger partial charge >= 0.3 is 11.9 Å². The molecular formula is C23H45N13O7. The number of rotatable bonds is 22. The third-order valence-electron chi connectivity index (χ3n) is 5.72. The minimum absolute atomic E-state index is 0.0292. The molecule has 0 spiro atoms. The highest BCUT2D eigenvalue weighted by Gasteiger charge is 2.30. The number of nitrogens with zero attached hydrogens (tertiary/aromatic N) is 3. The molecule has 0 saturated carbocycles. The first-order valence-corrected chi connectivity index (χ1v) is 13.4. The SMILES string of the molecule is NC(N)=NCCCC(N)C(=O)NC(CCCN=C(N)N)C(=O)NC(CCCN=C(N)N)C(=O)NC(CCC(=O)O)C(=O)O. The lowest BCUT2D eigenvalue weighted by molar-refractivity contribution is -0.143. The van der Waals surface area contributed by atoms with Crippen molar-refractivity contribution in [1.82, 2.24) is 16.0 Å². The zero-order valence-electron chi connectivity index (χ0n) is 23.9. The molecule has 3 amide bonds. The van der Waals surface area contributed by atoms with E-state index in [2.05, 4.69) is 30.9 Å². The molecule has 20 nitrogen and oxygen atoms in total. The number of carbonyl (C=O) groups is 5. The Kier molecular flexibility index (Phi) is 18.5. The second-order valence-corrected chi connectivity index (χ2v) is 9.41. The highest BCUT2D eigenvalue weighted by atomic mass is 16.4. The summed E-state index contributed by atoms with van der Waals surface area (Å²) in [5.74, 6) is -5.49. The van der Waals surface area contributed by atoms with Crippen molar-refractivity contribution < 1.29 is 34.2 Å². The van der Waals surface area contributed by atoms with Gasteiger partial charge in [0.2, 0.25) is 17.7 Å². The van der Waals surface area contributed by atoms with Crippen LogP contribution in [0.5, 0.6) is 0 Å². The van der Waals surface area contributed by atoms with Gasteiger partial charge in [-0.15, -0.1) is 0 Å². The van der Waals surface area contributed by atoms with E-state index < -0.39 is 66.7 Å². The summed E-state index contributed by atoms with van der Waals surface area (Å²) in [4.78, 5) is 73.1. The van der Waals surface area contributed by atoms with Gasteiger partial charge in [-0.2, -0.15) is 0 Å². The van der Waals surface area contributed by atoms with Gasteiger partial charge in [0.25, 0.3) is 0 Å². The normalized spacial score (nSPS) is 13.2. The molecule has 20 heteroatoms. The van der Waals surface area contributed by atoms with Gasteiger partial charge in [-0.1, -0.05) is 0 Å². The highest BCUT2D eigenvalue weighted by Crippen LogP contribution is 2.07. The summed E-state index contributed by atoms with van der Waals surface area (Å²) in [7, 11) is 0. The van der Waals surface area contributed by atoms with Crippen LogP contribution in [-0.4, -0.2) is 102 Å². The van der Waals surface area contributed by atoms with Crippen molar-refractivity contribution in [1.29, 1.82) is 0 Å². The number of hydrogen-bond donors (Lipinski definition) is 12. The minimum Gasteiger partial charge on any atom is -0.481 e. The van der Waals surface area contributed by atoms with E-state index in [4.69, 9.17) is 45.2 Å². The average molecular weight is 616 g/mol. The fourth-order valence-corrected chi connectivity index (χ4v) is 3.54. The van der Waals surface area contributed by atoms with Crippen LogP contribution in [0.15, 0.2) is 15.0 Å². The standard InChI is InChI=1S/C23H45N13O7/c24-12(4-1-9-31-21(25)26)17(39)34-13(5-2-10-32-22(27)28)18(40)35-14(6-3-11-33-23(29)30)19(41)36-15(20(42)43)7-8-16(37)38/h12-15H,1-11,24H2,(H,34,39)(H,35,40)(H,36,41)(H,37,38)(H,42,43)(H4,25,26,31)(H4,27,28,32)(H4,29,30,33). The monoisotopic (exact) mass is 615 g/mol. The quantitative estimate of drug-likeness (QED) is 0.0308. The second-order valence-electron chi connectivity index (χ2n) is 9.41. The molecule has 19 N–H and O–H groups in total. The molecule has 0 aromatic heterocycles. The van der Waals surface area contributed by atoms with Crippen molar-refractivity contribution in [2.45, 2.75) is 75.5 Å². The number of hydrogen-bond acceptors (Lipinski definition) is 9. The molecule has 0 aliphatic rings. The number of aliphatic imine (C=N–C) groups is 3. The maximum atomic E-state index is 13.3. The van der Waals surface area contributed by atoms with Crippen LogP contribution in [0, 0.1) is 0 Å². The van der Waals surface area contributed by atoms with Gasteiger partial charge in [0.1, 0.15) is 18.1 Å². The van der Waals surface area contributed by atoms with Crippen molar-refractivity contribution in [3.05, 3.63) is 0 Å². The van der Waals surface area contributed by atoms with Gasteiger partial charge in [-0.05, 0) is 44.9 Å². The van der Waals surface area contributed by atoms with E-state index in [9.17, 15) is 29.1 Å².